The second kappa shape index (κ2) is 3.49. The Morgan fingerprint density at radius 3 is 2.47 bits per heavy atom. The molecular weight excluding hydrogens is 204 g/mol. The number of hydrogen-bond donors (Lipinski definition) is 0. The molecule has 0 amide bonds. The fraction of sp³-hybridized carbons (Fsp3) is 0.765. The average molecular weight is 228 g/mol. The molecule has 17 heavy (non-hydrogen) atoms. The zero-order valence-electron chi connectivity index (χ0n) is 11.0. The first-order valence-corrected chi connectivity index (χ1v) is 7.66. The van der Waals surface area contributed by atoms with E-state index in [1.54, 1.807) is 6.42 Å². The molecule has 8 atom stereocenters. The second-order valence-corrected chi connectivity index (χ2v) is 6.94. The van der Waals surface area contributed by atoms with Gasteiger partial charge in [0.1, 0.15) is 0 Å². The predicted octanol–water partition coefficient (Wildman–Crippen LogP) is 4.29. The molecule has 0 aliphatic heterocycles. The minimum atomic E-state index is 0.911. The fourth-order valence-corrected chi connectivity index (χ4v) is 6.00. The first-order chi connectivity index (χ1) is 8.31. The van der Waals surface area contributed by atoms with Crippen molar-refractivity contribution >= 4 is 0 Å². The van der Waals surface area contributed by atoms with E-state index in [1.165, 1.54) is 12.8 Å². The summed E-state index contributed by atoms with van der Waals surface area (Å²) in [5, 5.41) is 0. The van der Waals surface area contributed by atoms with Crippen LogP contribution in [0.1, 0.15) is 33.1 Å². The Balaban J connectivity index is 1.65. The molecule has 8 unspecified atom stereocenters. The maximum atomic E-state index is 2.57. The lowest BCUT2D eigenvalue weighted by Gasteiger charge is -2.39. The van der Waals surface area contributed by atoms with E-state index in [0.29, 0.717) is 0 Å². The van der Waals surface area contributed by atoms with Crippen LogP contribution in [0.15, 0.2) is 24.3 Å². The number of fused-ring (bicyclic) bond motifs is 9. The summed E-state index contributed by atoms with van der Waals surface area (Å²) in [7, 11) is 0. The van der Waals surface area contributed by atoms with Gasteiger partial charge in [-0.2, -0.15) is 0 Å². The molecule has 0 aromatic heterocycles. The summed E-state index contributed by atoms with van der Waals surface area (Å²) in [6.45, 7) is 4.79. The van der Waals surface area contributed by atoms with Crippen molar-refractivity contribution in [3.8, 4) is 0 Å². The van der Waals surface area contributed by atoms with Gasteiger partial charge in [-0.25, -0.2) is 0 Å². The van der Waals surface area contributed by atoms with Crippen LogP contribution in [0.4, 0.5) is 0 Å². The smallest absolute Gasteiger partial charge is 0.0174 e. The van der Waals surface area contributed by atoms with Crippen LogP contribution in [0.25, 0.3) is 0 Å². The summed E-state index contributed by atoms with van der Waals surface area (Å²) in [5.74, 6) is 8.03. The monoisotopic (exact) mass is 228 g/mol. The van der Waals surface area contributed by atoms with E-state index >= 15 is 0 Å². The van der Waals surface area contributed by atoms with Crippen molar-refractivity contribution < 1.29 is 0 Å². The van der Waals surface area contributed by atoms with E-state index in [9.17, 15) is 0 Å². The van der Waals surface area contributed by atoms with Gasteiger partial charge >= 0.3 is 0 Å². The van der Waals surface area contributed by atoms with Crippen molar-refractivity contribution in [2.45, 2.75) is 33.1 Å². The molecule has 92 valence electrons. The third kappa shape index (κ3) is 1.20. The first kappa shape index (κ1) is 10.4. The Morgan fingerprint density at radius 2 is 1.76 bits per heavy atom. The average Bonchev–Trinajstić information content (AvgIpc) is 3.04. The Labute approximate surface area is 105 Å². The first-order valence-electron chi connectivity index (χ1n) is 7.66. The Morgan fingerprint density at radius 1 is 1.06 bits per heavy atom. The molecule has 3 saturated carbocycles. The lowest BCUT2D eigenvalue weighted by molar-refractivity contribution is 0.122. The van der Waals surface area contributed by atoms with E-state index in [-0.39, 0.29) is 0 Å². The maximum Gasteiger partial charge on any atom is -0.0174 e. The van der Waals surface area contributed by atoms with Gasteiger partial charge in [-0.3, -0.25) is 0 Å². The molecule has 0 spiro atoms. The third-order valence-corrected chi connectivity index (χ3v) is 6.49. The highest BCUT2D eigenvalue weighted by Gasteiger charge is 2.62. The zero-order chi connectivity index (χ0) is 11.6. The molecule has 0 aromatic carbocycles. The van der Waals surface area contributed by atoms with E-state index < -0.39 is 0 Å². The van der Waals surface area contributed by atoms with E-state index in [1.807, 2.05) is 0 Å². The maximum absolute atomic E-state index is 2.57. The highest BCUT2D eigenvalue weighted by Crippen LogP contribution is 2.68. The van der Waals surface area contributed by atoms with Crippen LogP contribution >= 0.6 is 0 Å². The Kier molecular flexibility index (Phi) is 2.14. The molecule has 4 rings (SSSR count). The SMILES string of the molecule is CCC=CC1C(C)C2CC1C1C3C=CC(C3)C21. The van der Waals surface area contributed by atoms with Gasteiger partial charge in [-0.1, -0.05) is 38.2 Å². The van der Waals surface area contributed by atoms with Gasteiger partial charge < -0.3 is 0 Å². The highest BCUT2D eigenvalue weighted by molar-refractivity contribution is 5.23. The Hall–Kier alpha value is -0.520. The van der Waals surface area contributed by atoms with Crippen LogP contribution in [-0.2, 0) is 0 Å². The van der Waals surface area contributed by atoms with E-state index in [4.69, 9.17) is 0 Å². The molecule has 4 bridgehead atoms. The van der Waals surface area contributed by atoms with Gasteiger partial charge in [0.25, 0.3) is 0 Å². The molecule has 0 radical (unpaired) electrons. The normalized spacial score (nSPS) is 58.5. The van der Waals surface area contributed by atoms with Crippen LogP contribution in [0, 0.1) is 47.3 Å². The van der Waals surface area contributed by atoms with Gasteiger partial charge in [0, 0.05) is 0 Å². The molecule has 0 heteroatoms. The van der Waals surface area contributed by atoms with E-state index in [2.05, 4.69) is 38.2 Å². The van der Waals surface area contributed by atoms with Crippen LogP contribution < -0.4 is 0 Å². The molecule has 0 aromatic rings. The van der Waals surface area contributed by atoms with Crippen molar-refractivity contribution in [2.75, 3.05) is 0 Å². The van der Waals surface area contributed by atoms with Crippen molar-refractivity contribution in [1.82, 2.24) is 0 Å². The summed E-state index contributed by atoms with van der Waals surface area (Å²) >= 11 is 0. The van der Waals surface area contributed by atoms with Crippen molar-refractivity contribution in [3.05, 3.63) is 24.3 Å². The summed E-state index contributed by atoms with van der Waals surface area (Å²) in [5.41, 5.74) is 0. The van der Waals surface area contributed by atoms with Crippen molar-refractivity contribution in [3.63, 3.8) is 0 Å². The van der Waals surface area contributed by atoms with Gasteiger partial charge in [0.2, 0.25) is 0 Å². The zero-order valence-corrected chi connectivity index (χ0v) is 11.0. The minimum Gasteiger partial charge on any atom is -0.0885 e. The third-order valence-electron chi connectivity index (χ3n) is 6.49. The summed E-state index contributed by atoms with van der Waals surface area (Å²) in [4.78, 5) is 0. The lowest BCUT2D eigenvalue weighted by atomic mass is 9.65. The van der Waals surface area contributed by atoms with Crippen molar-refractivity contribution in [2.24, 2.45) is 47.3 Å². The largest absolute Gasteiger partial charge is 0.0885 e. The van der Waals surface area contributed by atoms with Crippen LogP contribution in [-0.4, -0.2) is 0 Å². The fourth-order valence-electron chi connectivity index (χ4n) is 6.00. The van der Waals surface area contributed by atoms with Crippen LogP contribution in [0.3, 0.4) is 0 Å². The van der Waals surface area contributed by atoms with Gasteiger partial charge in [0.05, 0.1) is 0 Å². The number of allylic oxidation sites excluding steroid dienone is 4. The number of hydrogen-bond acceptors (Lipinski definition) is 0. The lowest BCUT2D eigenvalue weighted by Crippen LogP contribution is -2.35. The predicted molar refractivity (Wildman–Crippen MR) is 71.4 cm³/mol. The van der Waals surface area contributed by atoms with Gasteiger partial charge in [-0.05, 0) is 66.6 Å². The molecule has 0 heterocycles. The van der Waals surface area contributed by atoms with Gasteiger partial charge in [-0.15, -0.1) is 0 Å². The highest BCUT2D eigenvalue weighted by atomic mass is 14.7. The van der Waals surface area contributed by atoms with Crippen molar-refractivity contribution in [1.29, 1.82) is 0 Å². The number of rotatable bonds is 2. The molecule has 0 N–H and O–H groups in total. The van der Waals surface area contributed by atoms with Gasteiger partial charge in [0.15, 0.2) is 0 Å². The Bertz CT molecular complexity index is 377. The molecule has 0 nitrogen and oxygen atoms in total. The summed E-state index contributed by atoms with van der Waals surface area (Å²) < 4.78 is 0. The van der Waals surface area contributed by atoms with E-state index in [0.717, 1.165) is 47.3 Å². The molecule has 3 fully saturated rings. The topological polar surface area (TPSA) is 0 Å². The summed E-state index contributed by atoms with van der Waals surface area (Å²) in [6.07, 6.45) is 14.3. The molecule has 0 saturated heterocycles. The molecular formula is C17H24. The van der Waals surface area contributed by atoms with Crippen LogP contribution in [0.2, 0.25) is 0 Å². The molecule has 4 aliphatic rings. The second-order valence-electron chi connectivity index (χ2n) is 6.94. The quantitative estimate of drug-likeness (QED) is 0.488. The minimum absolute atomic E-state index is 0.911. The summed E-state index contributed by atoms with van der Waals surface area (Å²) in [6, 6.07) is 0. The standard InChI is InChI=1S/C17H24/c1-3-4-5-13-10(2)14-9-15(13)17-12-7-6-11(8-12)16(14)17/h4-7,10-17H,3,8-9H2,1-2H3. The molecule has 4 aliphatic carbocycles. The van der Waals surface area contributed by atoms with Crippen LogP contribution in [0.5, 0.6) is 0 Å².